The lowest BCUT2D eigenvalue weighted by atomic mass is 9.78. The van der Waals surface area contributed by atoms with Gasteiger partial charge in [0.1, 0.15) is 6.33 Å². The Morgan fingerprint density at radius 2 is 2.12 bits per heavy atom. The van der Waals surface area contributed by atoms with Gasteiger partial charge < -0.3 is 19.3 Å². The van der Waals surface area contributed by atoms with E-state index < -0.39 is 17.2 Å². The summed E-state index contributed by atoms with van der Waals surface area (Å²) in [7, 11) is 1.70. The fraction of sp³-hybridized carbons (Fsp3) is 0.643. The quantitative estimate of drug-likeness (QED) is 0.567. The van der Waals surface area contributed by atoms with Gasteiger partial charge in [-0.05, 0) is 55.1 Å². The molecule has 0 N–H and O–H groups in total. The number of hydrogen-bond acceptors (Lipinski definition) is 6. The zero-order chi connectivity index (χ0) is 28.1. The van der Waals surface area contributed by atoms with Crippen molar-refractivity contribution in [3.8, 4) is 0 Å². The predicted octanol–water partition coefficient (Wildman–Crippen LogP) is 3.62. The maximum Gasteiger partial charge on any atom is 0.417 e. The van der Waals surface area contributed by atoms with Gasteiger partial charge in [0.05, 0.1) is 23.7 Å². The van der Waals surface area contributed by atoms with Gasteiger partial charge in [-0.3, -0.25) is 14.3 Å². The van der Waals surface area contributed by atoms with Gasteiger partial charge in [0.25, 0.3) is 0 Å². The molecule has 3 aliphatic heterocycles. The number of imidazole rings is 1. The lowest BCUT2D eigenvalue weighted by Crippen LogP contribution is -2.49. The van der Waals surface area contributed by atoms with Gasteiger partial charge in [-0.2, -0.15) is 13.2 Å². The van der Waals surface area contributed by atoms with E-state index in [0.717, 1.165) is 31.5 Å². The minimum atomic E-state index is -4.50. The molecule has 0 bridgehead atoms. The largest absolute Gasteiger partial charge is 0.417 e. The average Bonchev–Trinajstić information content (AvgIpc) is 3.67. The summed E-state index contributed by atoms with van der Waals surface area (Å²) in [6.07, 6.45) is 4.67. The minimum absolute atomic E-state index is 0.0223. The Bertz CT molecular complexity index is 1260. The van der Waals surface area contributed by atoms with Crippen LogP contribution in [-0.2, 0) is 33.4 Å². The SMILES string of the molecule is COC1COCCC1C[C@@H]1C[C@H]2CN(C(=O)n3ccnc3)C[C@@]2(C(=O)N2CCc3ncc(C(F)(F)F)cc3C2)C1. The number of methoxy groups -OCH3 is 1. The lowest BCUT2D eigenvalue weighted by molar-refractivity contribution is -0.144. The number of amides is 2. The van der Waals surface area contributed by atoms with E-state index in [1.54, 1.807) is 29.3 Å². The Kier molecular flexibility index (Phi) is 7.10. The Labute approximate surface area is 230 Å². The van der Waals surface area contributed by atoms with Gasteiger partial charge in [-0.25, -0.2) is 9.78 Å². The van der Waals surface area contributed by atoms with Crippen LogP contribution in [0.1, 0.15) is 42.5 Å². The first kappa shape index (κ1) is 27.2. The van der Waals surface area contributed by atoms with Crippen molar-refractivity contribution >= 4 is 11.9 Å². The van der Waals surface area contributed by atoms with Gasteiger partial charge in [0.15, 0.2) is 0 Å². The molecular formula is C28H34F3N5O4. The van der Waals surface area contributed by atoms with Crippen LogP contribution in [0.15, 0.2) is 31.0 Å². The average molecular weight is 562 g/mol. The molecule has 6 rings (SSSR count). The van der Waals surface area contributed by atoms with Crippen molar-refractivity contribution in [2.24, 2.45) is 23.2 Å². The molecule has 2 amide bonds. The highest BCUT2D eigenvalue weighted by Gasteiger charge is 2.59. The molecule has 3 fully saturated rings. The second-order valence-electron chi connectivity index (χ2n) is 11.7. The highest BCUT2D eigenvalue weighted by atomic mass is 19.4. The van der Waals surface area contributed by atoms with E-state index >= 15 is 0 Å². The summed E-state index contributed by atoms with van der Waals surface area (Å²) in [4.78, 5) is 39.1. The molecule has 4 aliphatic rings. The Morgan fingerprint density at radius 1 is 1.27 bits per heavy atom. The molecule has 1 saturated carbocycles. The number of alkyl halides is 3. The third kappa shape index (κ3) is 4.89. The highest BCUT2D eigenvalue weighted by molar-refractivity contribution is 5.86. The van der Waals surface area contributed by atoms with Crippen LogP contribution in [0.3, 0.4) is 0 Å². The molecule has 1 aliphatic carbocycles. The maximum absolute atomic E-state index is 14.4. The van der Waals surface area contributed by atoms with Gasteiger partial charge in [-0.1, -0.05) is 0 Å². The number of halogens is 3. The molecule has 12 heteroatoms. The molecule has 216 valence electrons. The van der Waals surface area contributed by atoms with Crippen molar-refractivity contribution in [3.63, 3.8) is 0 Å². The van der Waals surface area contributed by atoms with Crippen LogP contribution in [0, 0.1) is 23.2 Å². The fourth-order valence-corrected chi connectivity index (χ4v) is 7.48. The summed E-state index contributed by atoms with van der Waals surface area (Å²) in [6, 6.07) is 0.899. The van der Waals surface area contributed by atoms with E-state index in [1.165, 1.54) is 10.9 Å². The molecule has 9 nitrogen and oxygen atoms in total. The number of pyridine rings is 1. The van der Waals surface area contributed by atoms with E-state index in [1.807, 2.05) is 0 Å². The maximum atomic E-state index is 14.4. The predicted molar refractivity (Wildman–Crippen MR) is 136 cm³/mol. The van der Waals surface area contributed by atoms with E-state index in [2.05, 4.69) is 9.97 Å². The van der Waals surface area contributed by atoms with E-state index in [0.29, 0.717) is 56.3 Å². The smallest absolute Gasteiger partial charge is 0.379 e. The van der Waals surface area contributed by atoms with Crippen LogP contribution in [0.5, 0.6) is 0 Å². The van der Waals surface area contributed by atoms with E-state index in [9.17, 15) is 22.8 Å². The summed E-state index contributed by atoms with van der Waals surface area (Å²) in [5.41, 5.74) is -0.545. The van der Waals surface area contributed by atoms with Gasteiger partial charge in [0, 0.05) is 70.6 Å². The van der Waals surface area contributed by atoms with Crippen LogP contribution in [-0.4, -0.2) is 82.3 Å². The van der Waals surface area contributed by atoms with E-state index in [4.69, 9.17) is 9.47 Å². The number of carbonyl (C=O) groups is 2. The molecule has 2 unspecified atom stereocenters. The standard InChI is InChI=1S/C28H34F3N5O4/c1-39-24-15-40-7-3-19(24)8-18-9-22-14-36(26(38)35-6-4-32-17-35)16-27(22,11-18)25(37)34-5-2-23-20(13-34)10-21(12-33-23)28(29,30)31/h4,6,10,12,17-19,22,24H,2-3,5,7-9,11,13-16H2,1H3/t18-,19?,22+,24?,27+/m1/s1. The summed E-state index contributed by atoms with van der Waals surface area (Å²) >= 11 is 0. The van der Waals surface area contributed by atoms with Gasteiger partial charge in [0.2, 0.25) is 5.91 Å². The first-order valence-corrected chi connectivity index (χ1v) is 13.9. The number of nitrogens with zero attached hydrogens (tertiary/aromatic N) is 5. The van der Waals surface area contributed by atoms with Crippen molar-refractivity contribution in [1.82, 2.24) is 24.3 Å². The fourth-order valence-electron chi connectivity index (χ4n) is 7.48. The normalized spacial score (nSPS) is 30.3. The number of ether oxygens (including phenoxy) is 2. The number of aromatic nitrogens is 3. The molecule has 0 spiro atoms. The number of fused-ring (bicyclic) bond motifs is 2. The van der Waals surface area contributed by atoms with Crippen molar-refractivity contribution in [2.75, 3.05) is 40.0 Å². The number of rotatable bonds is 4. The van der Waals surface area contributed by atoms with E-state index in [-0.39, 0.29) is 43.0 Å². The topological polar surface area (TPSA) is 89.8 Å². The zero-order valence-corrected chi connectivity index (χ0v) is 22.5. The minimum Gasteiger partial charge on any atom is -0.379 e. The van der Waals surface area contributed by atoms with Gasteiger partial charge in [-0.15, -0.1) is 0 Å². The van der Waals surface area contributed by atoms with Crippen LogP contribution in [0.4, 0.5) is 18.0 Å². The molecule has 5 atom stereocenters. The van der Waals surface area contributed by atoms with Crippen LogP contribution in [0.2, 0.25) is 0 Å². The molecule has 0 radical (unpaired) electrons. The van der Waals surface area contributed by atoms with Gasteiger partial charge >= 0.3 is 12.2 Å². The molecule has 2 saturated heterocycles. The third-order valence-electron chi connectivity index (χ3n) is 9.42. The van der Waals surface area contributed by atoms with Crippen LogP contribution < -0.4 is 0 Å². The molecule has 2 aromatic heterocycles. The highest BCUT2D eigenvalue weighted by Crippen LogP contribution is 2.54. The Morgan fingerprint density at radius 3 is 2.88 bits per heavy atom. The number of carbonyl (C=O) groups excluding carboxylic acids is 2. The second-order valence-corrected chi connectivity index (χ2v) is 11.7. The van der Waals surface area contributed by atoms with Crippen molar-refractivity contribution < 1.29 is 32.2 Å². The second kappa shape index (κ2) is 10.4. The first-order valence-electron chi connectivity index (χ1n) is 13.9. The number of likely N-dealkylation sites (tertiary alicyclic amines) is 1. The van der Waals surface area contributed by atoms with Crippen molar-refractivity contribution in [1.29, 1.82) is 0 Å². The molecule has 0 aromatic carbocycles. The zero-order valence-electron chi connectivity index (χ0n) is 22.5. The number of hydrogen-bond donors (Lipinski definition) is 0. The van der Waals surface area contributed by atoms with Crippen LogP contribution >= 0.6 is 0 Å². The summed E-state index contributed by atoms with van der Waals surface area (Å²) < 4.78 is 52.8. The molecule has 5 heterocycles. The molecular weight excluding hydrogens is 527 g/mol. The monoisotopic (exact) mass is 561 g/mol. The summed E-state index contributed by atoms with van der Waals surface area (Å²) in [6.45, 7) is 2.49. The first-order chi connectivity index (χ1) is 19.2. The summed E-state index contributed by atoms with van der Waals surface area (Å²) in [5, 5.41) is 0. The lowest BCUT2D eigenvalue weighted by Gasteiger charge is -2.37. The molecule has 2 aromatic rings. The van der Waals surface area contributed by atoms with Crippen LogP contribution in [0.25, 0.3) is 0 Å². The van der Waals surface area contributed by atoms with Crippen molar-refractivity contribution in [2.45, 2.75) is 50.9 Å². The molecule has 40 heavy (non-hydrogen) atoms. The third-order valence-corrected chi connectivity index (χ3v) is 9.42. The Balaban J connectivity index is 1.25. The Hall–Kier alpha value is -2.99. The summed E-state index contributed by atoms with van der Waals surface area (Å²) in [5.74, 6) is 0.529. The van der Waals surface area contributed by atoms with Crippen molar-refractivity contribution in [3.05, 3.63) is 47.8 Å².